The molecule has 12 heavy (non-hydrogen) atoms. The summed E-state index contributed by atoms with van der Waals surface area (Å²) in [7, 11) is 0. The molecule has 0 amide bonds. The van der Waals surface area contributed by atoms with E-state index in [1.807, 2.05) is 0 Å². The average molecular weight is 173 g/mol. The van der Waals surface area contributed by atoms with Gasteiger partial charge >= 0.3 is 5.97 Å². The lowest BCUT2D eigenvalue weighted by Crippen LogP contribution is -2.29. The van der Waals surface area contributed by atoms with Crippen molar-refractivity contribution in [3.63, 3.8) is 0 Å². The van der Waals surface area contributed by atoms with Crippen LogP contribution in [0.2, 0.25) is 0 Å². The van der Waals surface area contributed by atoms with Crippen LogP contribution in [0.1, 0.15) is 41.0 Å². The minimum Gasteiger partial charge on any atom is -0.460 e. The summed E-state index contributed by atoms with van der Waals surface area (Å²) in [4.78, 5) is 11.1. The molecular formula is C9H17O3. The van der Waals surface area contributed by atoms with Crippen molar-refractivity contribution in [1.29, 1.82) is 0 Å². The van der Waals surface area contributed by atoms with E-state index < -0.39 is 17.2 Å². The maximum Gasteiger partial charge on any atom is 0.309 e. The predicted octanol–water partition coefficient (Wildman–Crippen LogP) is 1.93. The van der Waals surface area contributed by atoms with E-state index in [0.29, 0.717) is 0 Å². The molecule has 0 heterocycles. The van der Waals surface area contributed by atoms with Crippen LogP contribution in [-0.2, 0) is 14.6 Å². The number of hydrogen-bond acceptors (Lipinski definition) is 2. The Morgan fingerprint density at radius 2 is 1.58 bits per heavy atom. The van der Waals surface area contributed by atoms with Gasteiger partial charge in [0.15, 0.2) is 0 Å². The maximum absolute atomic E-state index is 11.1. The molecule has 71 valence electrons. The highest BCUT2D eigenvalue weighted by Gasteiger charge is 2.24. The van der Waals surface area contributed by atoms with Crippen molar-refractivity contribution in [2.75, 3.05) is 0 Å². The number of ether oxygens (including phenoxy) is 1. The zero-order valence-corrected chi connectivity index (χ0v) is 8.43. The second-order valence-electron chi connectivity index (χ2n) is 4.52. The van der Waals surface area contributed by atoms with Crippen LogP contribution in [0.5, 0.6) is 0 Å². The summed E-state index contributed by atoms with van der Waals surface area (Å²) in [6.07, 6.45) is -0.0791. The van der Waals surface area contributed by atoms with E-state index in [9.17, 15) is 9.90 Å². The van der Waals surface area contributed by atoms with Gasteiger partial charge in [-0.15, -0.1) is 0 Å². The van der Waals surface area contributed by atoms with Crippen LogP contribution < -0.4 is 0 Å². The molecule has 0 aliphatic carbocycles. The van der Waals surface area contributed by atoms with Crippen molar-refractivity contribution >= 4 is 5.97 Å². The Hall–Kier alpha value is -0.570. The number of carbonyl (C=O) groups excluding carboxylic acids is 1. The summed E-state index contributed by atoms with van der Waals surface area (Å²) in [6, 6.07) is 0. The fraction of sp³-hybridized carbons (Fsp3) is 0.889. The van der Waals surface area contributed by atoms with Gasteiger partial charge < -0.3 is 4.74 Å². The van der Waals surface area contributed by atoms with Gasteiger partial charge in [-0.3, -0.25) is 4.79 Å². The van der Waals surface area contributed by atoms with Crippen LogP contribution >= 0.6 is 0 Å². The van der Waals surface area contributed by atoms with E-state index in [1.54, 1.807) is 20.8 Å². The Kier molecular flexibility index (Phi) is 3.27. The van der Waals surface area contributed by atoms with E-state index >= 15 is 0 Å². The monoisotopic (exact) mass is 173 g/mol. The molecule has 0 rings (SSSR count). The van der Waals surface area contributed by atoms with Crippen molar-refractivity contribution in [1.82, 2.24) is 0 Å². The molecular weight excluding hydrogens is 156 g/mol. The highest BCUT2D eigenvalue weighted by molar-refractivity contribution is 5.70. The summed E-state index contributed by atoms with van der Waals surface area (Å²) in [5.41, 5.74) is -1.73. The van der Waals surface area contributed by atoms with E-state index in [2.05, 4.69) is 0 Å². The fourth-order valence-electron chi connectivity index (χ4n) is 0.725. The van der Waals surface area contributed by atoms with Gasteiger partial charge in [0.1, 0.15) is 11.2 Å². The van der Waals surface area contributed by atoms with Crippen molar-refractivity contribution in [3.8, 4) is 0 Å². The molecule has 0 spiro atoms. The fourth-order valence-corrected chi connectivity index (χ4v) is 0.725. The number of rotatable bonds is 2. The van der Waals surface area contributed by atoms with Gasteiger partial charge in [0, 0.05) is 0 Å². The average Bonchev–Trinajstić information content (AvgIpc) is 1.49. The lowest BCUT2D eigenvalue weighted by molar-refractivity contribution is -0.161. The Morgan fingerprint density at radius 3 is 1.83 bits per heavy atom. The first-order valence-corrected chi connectivity index (χ1v) is 4.02. The number of esters is 1. The summed E-state index contributed by atoms with van der Waals surface area (Å²) in [5.74, 6) is -0.428. The zero-order valence-electron chi connectivity index (χ0n) is 8.43. The predicted molar refractivity (Wildman–Crippen MR) is 45.2 cm³/mol. The largest absolute Gasteiger partial charge is 0.460 e. The Bertz CT molecular complexity index is 142. The SMILES string of the molecule is CC(C)([O])CC(=O)OC(C)(C)C. The molecule has 0 N–H and O–H groups in total. The molecule has 0 aliphatic heterocycles. The quantitative estimate of drug-likeness (QED) is 0.599. The molecule has 1 radical (unpaired) electrons. The first kappa shape index (κ1) is 11.4. The normalized spacial score (nSPS) is 12.8. The molecule has 0 unspecified atom stereocenters. The van der Waals surface area contributed by atoms with Crippen LogP contribution in [0.15, 0.2) is 0 Å². The standard InChI is InChI=1S/C9H17O3/c1-8(2,3)12-7(10)6-9(4,5)11/h6H2,1-5H3. The summed E-state index contributed by atoms with van der Waals surface area (Å²) >= 11 is 0. The second kappa shape index (κ2) is 3.44. The van der Waals surface area contributed by atoms with Crippen LogP contribution in [0, 0.1) is 0 Å². The number of hydrogen-bond donors (Lipinski definition) is 0. The lowest BCUT2D eigenvalue weighted by Gasteiger charge is -2.21. The van der Waals surface area contributed by atoms with Gasteiger partial charge in [0.05, 0.1) is 6.42 Å². The van der Waals surface area contributed by atoms with E-state index in [0.717, 1.165) is 0 Å². The molecule has 3 nitrogen and oxygen atoms in total. The molecule has 3 heteroatoms. The smallest absolute Gasteiger partial charge is 0.309 e. The summed E-state index contributed by atoms with van der Waals surface area (Å²) < 4.78 is 4.97. The van der Waals surface area contributed by atoms with Crippen molar-refractivity contribution < 1.29 is 14.6 Å². The zero-order chi connectivity index (χ0) is 9.99. The van der Waals surface area contributed by atoms with Gasteiger partial charge in [0.2, 0.25) is 0 Å². The topological polar surface area (TPSA) is 46.2 Å². The van der Waals surface area contributed by atoms with Crippen LogP contribution in [0.3, 0.4) is 0 Å². The van der Waals surface area contributed by atoms with Crippen LogP contribution in [-0.4, -0.2) is 17.2 Å². The van der Waals surface area contributed by atoms with Gasteiger partial charge in [-0.1, -0.05) is 0 Å². The van der Waals surface area contributed by atoms with Crippen molar-refractivity contribution in [2.24, 2.45) is 0 Å². The van der Waals surface area contributed by atoms with Crippen molar-refractivity contribution in [2.45, 2.75) is 52.2 Å². The van der Waals surface area contributed by atoms with E-state index in [-0.39, 0.29) is 6.42 Å². The number of carbonyl (C=O) groups is 1. The minimum atomic E-state index is -1.23. The third-order valence-corrected chi connectivity index (χ3v) is 0.990. The molecule has 0 aromatic rings. The molecule has 0 aromatic heterocycles. The van der Waals surface area contributed by atoms with Crippen LogP contribution in [0.25, 0.3) is 0 Å². The van der Waals surface area contributed by atoms with Gasteiger partial charge in [-0.2, -0.15) is 0 Å². The van der Waals surface area contributed by atoms with Gasteiger partial charge in [0.25, 0.3) is 0 Å². The van der Waals surface area contributed by atoms with E-state index in [1.165, 1.54) is 13.8 Å². The minimum absolute atomic E-state index is 0.0791. The summed E-state index contributed by atoms with van der Waals surface area (Å²) in [6.45, 7) is 8.28. The third kappa shape index (κ3) is 7.54. The lowest BCUT2D eigenvalue weighted by atomic mass is 10.1. The Labute approximate surface area is 73.7 Å². The summed E-state index contributed by atoms with van der Waals surface area (Å²) in [5, 5.41) is 11.1. The molecule has 0 saturated carbocycles. The first-order valence-electron chi connectivity index (χ1n) is 4.02. The Morgan fingerprint density at radius 1 is 1.17 bits per heavy atom. The van der Waals surface area contributed by atoms with Crippen molar-refractivity contribution in [3.05, 3.63) is 0 Å². The highest BCUT2D eigenvalue weighted by atomic mass is 16.6. The first-order chi connectivity index (χ1) is 5.10. The second-order valence-corrected chi connectivity index (χ2v) is 4.52. The molecule has 0 aliphatic rings. The third-order valence-electron chi connectivity index (χ3n) is 0.990. The van der Waals surface area contributed by atoms with Gasteiger partial charge in [-0.05, 0) is 34.6 Å². The molecule has 0 atom stereocenters. The maximum atomic E-state index is 11.1. The van der Waals surface area contributed by atoms with E-state index in [4.69, 9.17) is 4.74 Å². The Balaban J connectivity index is 3.92. The van der Waals surface area contributed by atoms with Crippen LogP contribution in [0.4, 0.5) is 0 Å². The molecule has 0 bridgehead atoms. The highest BCUT2D eigenvalue weighted by Crippen LogP contribution is 2.14. The molecule has 0 fully saturated rings. The van der Waals surface area contributed by atoms with Gasteiger partial charge in [-0.25, -0.2) is 5.11 Å². The molecule has 0 aromatic carbocycles. The molecule has 0 saturated heterocycles.